The third kappa shape index (κ3) is 4.00. The monoisotopic (exact) mass is 360 g/mol. The van der Waals surface area contributed by atoms with E-state index in [2.05, 4.69) is 49.6 Å². The maximum Gasteiger partial charge on any atom is 0.171 e. The Morgan fingerprint density at radius 1 is 1.21 bits per heavy atom. The van der Waals surface area contributed by atoms with Crippen LogP contribution in [0.2, 0.25) is 5.02 Å². The van der Waals surface area contributed by atoms with Crippen molar-refractivity contribution in [2.75, 3.05) is 5.32 Å². The van der Waals surface area contributed by atoms with Crippen molar-refractivity contribution in [3.63, 3.8) is 0 Å². The fourth-order valence-corrected chi connectivity index (χ4v) is 3.33. The summed E-state index contributed by atoms with van der Waals surface area (Å²) in [7, 11) is 0. The van der Waals surface area contributed by atoms with Gasteiger partial charge in [0.05, 0.1) is 6.04 Å². The molecule has 0 unspecified atom stereocenters. The number of nitrogens with one attached hydrogen (secondary N) is 2. The van der Waals surface area contributed by atoms with E-state index in [-0.39, 0.29) is 11.6 Å². The molecule has 5 heteroatoms. The van der Waals surface area contributed by atoms with Gasteiger partial charge in [0.1, 0.15) is 11.4 Å². The number of aryl methyl sites for hydroxylation is 1. The van der Waals surface area contributed by atoms with Crippen LogP contribution in [0.25, 0.3) is 0 Å². The second-order valence-corrected chi connectivity index (χ2v) is 7.61. The van der Waals surface area contributed by atoms with Crippen molar-refractivity contribution in [2.45, 2.75) is 38.8 Å². The van der Waals surface area contributed by atoms with Crippen LogP contribution in [0, 0.1) is 6.92 Å². The third-order valence-electron chi connectivity index (χ3n) is 4.03. The summed E-state index contributed by atoms with van der Waals surface area (Å²) >= 11 is 11.4. The van der Waals surface area contributed by atoms with E-state index in [0.717, 1.165) is 23.4 Å². The summed E-state index contributed by atoms with van der Waals surface area (Å²) in [5, 5.41) is 7.92. The average Bonchev–Trinajstić information content (AvgIpc) is 2.48. The van der Waals surface area contributed by atoms with Crippen molar-refractivity contribution in [1.29, 1.82) is 0 Å². The molecule has 0 radical (unpaired) electrons. The van der Waals surface area contributed by atoms with Crippen molar-refractivity contribution in [2.24, 2.45) is 0 Å². The van der Waals surface area contributed by atoms with Crippen LogP contribution in [0.1, 0.15) is 37.4 Å². The number of halogens is 1. The highest BCUT2D eigenvalue weighted by molar-refractivity contribution is 7.80. The first kappa shape index (κ1) is 17.1. The smallest absolute Gasteiger partial charge is 0.171 e. The van der Waals surface area contributed by atoms with E-state index < -0.39 is 0 Å². The maximum absolute atomic E-state index is 6.13. The van der Waals surface area contributed by atoms with E-state index >= 15 is 0 Å². The number of hydrogen-bond acceptors (Lipinski definition) is 2. The summed E-state index contributed by atoms with van der Waals surface area (Å²) in [4.78, 5) is 0. The molecule has 24 heavy (non-hydrogen) atoms. The summed E-state index contributed by atoms with van der Waals surface area (Å²) in [6.07, 6.45) is 0.839. The van der Waals surface area contributed by atoms with Gasteiger partial charge in [-0.25, -0.2) is 0 Å². The lowest BCUT2D eigenvalue weighted by molar-refractivity contribution is 0.0696. The Morgan fingerprint density at radius 2 is 1.92 bits per heavy atom. The van der Waals surface area contributed by atoms with Gasteiger partial charge >= 0.3 is 0 Å². The van der Waals surface area contributed by atoms with Gasteiger partial charge in [0, 0.05) is 22.7 Å². The third-order valence-corrected chi connectivity index (χ3v) is 4.51. The molecular formula is C19H21ClN2OS. The van der Waals surface area contributed by atoms with E-state index in [1.807, 2.05) is 24.3 Å². The molecule has 0 saturated carbocycles. The zero-order chi connectivity index (χ0) is 17.3. The molecule has 1 atom stereocenters. The molecule has 0 spiro atoms. The lowest BCUT2D eigenvalue weighted by Gasteiger charge is -2.38. The second-order valence-electron chi connectivity index (χ2n) is 6.77. The summed E-state index contributed by atoms with van der Waals surface area (Å²) in [6, 6.07) is 13.9. The Kier molecular flexibility index (Phi) is 4.70. The van der Waals surface area contributed by atoms with Crippen LogP contribution >= 0.6 is 23.8 Å². The van der Waals surface area contributed by atoms with Crippen LogP contribution in [0.3, 0.4) is 0 Å². The molecular weight excluding hydrogens is 340 g/mol. The molecule has 2 aromatic carbocycles. The highest BCUT2D eigenvalue weighted by atomic mass is 35.5. The summed E-state index contributed by atoms with van der Waals surface area (Å²) in [5.41, 5.74) is 2.99. The Morgan fingerprint density at radius 3 is 2.62 bits per heavy atom. The van der Waals surface area contributed by atoms with Crippen molar-refractivity contribution < 1.29 is 4.74 Å². The fraction of sp³-hybridized carbons (Fsp3) is 0.316. The number of hydrogen-bond donors (Lipinski definition) is 2. The van der Waals surface area contributed by atoms with Gasteiger partial charge in [0.2, 0.25) is 0 Å². The molecule has 0 amide bonds. The molecule has 1 heterocycles. The summed E-state index contributed by atoms with van der Waals surface area (Å²) < 4.78 is 6.13. The van der Waals surface area contributed by atoms with Crippen LogP contribution in [-0.4, -0.2) is 10.7 Å². The first-order valence-electron chi connectivity index (χ1n) is 7.95. The van der Waals surface area contributed by atoms with Gasteiger partial charge in [-0.3, -0.25) is 0 Å². The Labute approximate surface area is 153 Å². The van der Waals surface area contributed by atoms with Crippen LogP contribution in [0.5, 0.6) is 5.75 Å². The minimum absolute atomic E-state index is 0.108. The standard InChI is InChI=1S/C19H21ClN2OS/c1-12-4-9-15-16(11-19(2,3)23-17(15)10-12)22-18(24)21-14-7-5-13(20)6-8-14/h4-10,16H,11H2,1-3H3,(H2,21,22,24)/t16-/m0/s1. The molecule has 0 saturated heterocycles. The minimum Gasteiger partial charge on any atom is -0.487 e. The van der Waals surface area contributed by atoms with E-state index in [4.69, 9.17) is 28.6 Å². The molecule has 126 valence electrons. The fourth-order valence-electron chi connectivity index (χ4n) is 2.95. The Hall–Kier alpha value is -1.78. The SMILES string of the molecule is Cc1ccc2c(c1)OC(C)(C)C[C@@H]2NC(=S)Nc1ccc(Cl)cc1. The molecule has 0 aromatic heterocycles. The first-order valence-corrected chi connectivity index (χ1v) is 8.74. The van der Waals surface area contributed by atoms with Crippen molar-refractivity contribution in [1.82, 2.24) is 5.32 Å². The summed E-state index contributed by atoms with van der Waals surface area (Å²) in [5.74, 6) is 0.929. The molecule has 1 aliphatic heterocycles. The minimum atomic E-state index is -0.242. The molecule has 0 bridgehead atoms. The highest BCUT2D eigenvalue weighted by Gasteiger charge is 2.34. The number of rotatable bonds is 2. The second kappa shape index (κ2) is 6.61. The molecule has 2 aromatic rings. The zero-order valence-electron chi connectivity index (χ0n) is 14.0. The molecule has 2 N–H and O–H groups in total. The maximum atomic E-state index is 6.13. The van der Waals surface area contributed by atoms with Gasteiger partial charge in [-0.1, -0.05) is 23.7 Å². The molecule has 3 nitrogen and oxygen atoms in total. The summed E-state index contributed by atoms with van der Waals surface area (Å²) in [6.45, 7) is 6.27. The van der Waals surface area contributed by atoms with E-state index in [9.17, 15) is 0 Å². The average molecular weight is 361 g/mol. The first-order chi connectivity index (χ1) is 11.3. The lowest BCUT2D eigenvalue weighted by Crippen LogP contribution is -2.42. The number of fused-ring (bicyclic) bond motifs is 1. The van der Waals surface area contributed by atoms with Crippen molar-refractivity contribution in [3.8, 4) is 5.75 Å². The van der Waals surface area contributed by atoms with Crippen molar-refractivity contribution in [3.05, 3.63) is 58.6 Å². The van der Waals surface area contributed by atoms with Crippen LogP contribution in [-0.2, 0) is 0 Å². The number of ether oxygens (including phenoxy) is 1. The number of benzene rings is 2. The highest BCUT2D eigenvalue weighted by Crippen LogP contribution is 2.39. The topological polar surface area (TPSA) is 33.3 Å². The van der Waals surface area contributed by atoms with E-state index in [1.54, 1.807) is 0 Å². The largest absolute Gasteiger partial charge is 0.487 e. The van der Waals surface area contributed by atoms with Crippen LogP contribution < -0.4 is 15.4 Å². The van der Waals surface area contributed by atoms with Gasteiger partial charge in [-0.15, -0.1) is 0 Å². The Balaban J connectivity index is 1.76. The number of anilines is 1. The van der Waals surface area contributed by atoms with Gasteiger partial charge < -0.3 is 15.4 Å². The predicted molar refractivity (Wildman–Crippen MR) is 104 cm³/mol. The van der Waals surface area contributed by atoms with Crippen LogP contribution in [0.4, 0.5) is 5.69 Å². The Bertz CT molecular complexity index is 758. The lowest BCUT2D eigenvalue weighted by atomic mass is 9.89. The molecule has 3 rings (SSSR count). The molecule has 0 fully saturated rings. The molecule has 0 aliphatic carbocycles. The number of thiocarbonyl (C=S) groups is 1. The van der Waals surface area contributed by atoms with Gasteiger partial charge in [-0.2, -0.15) is 0 Å². The zero-order valence-corrected chi connectivity index (χ0v) is 15.6. The quantitative estimate of drug-likeness (QED) is 0.718. The van der Waals surface area contributed by atoms with E-state index in [0.29, 0.717) is 10.1 Å². The molecule has 1 aliphatic rings. The van der Waals surface area contributed by atoms with Gasteiger partial charge in [0.15, 0.2) is 5.11 Å². The van der Waals surface area contributed by atoms with Gasteiger partial charge in [0.25, 0.3) is 0 Å². The van der Waals surface area contributed by atoms with Crippen molar-refractivity contribution >= 4 is 34.6 Å². The van der Waals surface area contributed by atoms with E-state index in [1.165, 1.54) is 5.56 Å². The van der Waals surface area contributed by atoms with Crippen LogP contribution in [0.15, 0.2) is 42.5 Å². The normalized spacial score (nSPS) is 18.2. The van der Waals surface area contributed by atoms with Gasteiger partial charge in [-0.05, 0) is 68.9 Å². The predicted octanol–water partition coefficient (Wildman–Crippen LogP) is 5.24.